The van der Waals surface area contributed by atoms with Crippen LogP contribution >= 0.6 is 0 Å². The molecular formula is C23H28N4O4. The van der Waals surface area contributed by atoms with E-state index in [2.05, 4.69) is 12.2 Å². The van der Waals surface area contributed by atoms with Crippen molar-refractivity contribution >= 4 is 17.3 Å². The fourth-order valence-electron chi connectivity index (χ4n) is 4.85. The van der Waals surface area contributed by atoms with Crippen molar-refractivity contribution in [2.24, 2.45) is 5.92 Å². The second-order valence-electron chi connectivity index (χ2n) is 8.53. The lowest BCUT2D eigenvalue weighted by Crippen LogP contribution is -2.47. The lowest BCUT2D eigenvalue weighted by Gasteiger charge is -2.43. The van der Waals surface area contributed by atoms with Crippen LogP contribution in [0.1, 0.15) is 54.6 Å². The molecule has 8 nitrogen and oxygen atoms in total. The molecule has 1 saturated heterocycles. The second-order valence-corrected chi connectivity index (χ2v) is 8.53. The first kappa shape index (κ1) is 21.1. The van der Waals surface area contributed by atoms with Gasteiger partial charge in [0.15, 0.2) is 0 Å². The third kappa shape index (κ3) is 4.33. The number of pyridine rings is 1. The Bertz CT molecular complexity index is 1050. The third-order valence-electron chi connectivity index (χ3n) is 6.32. The molecule has 1 N–H and O–H groups in total. The number of aromatic nitrogens is 1. The minimum absolute atomic E-state index is 0.0148. The van der Waals surface area contributed by atoms with Crippen molar-refractivity contribution in [3.05, 3.63) is 68.1 Å². The van der Waals surface area contributed by atoms with Crippen LogP contribution in [0.3, 0.4) is 0 Å². The van der Waals surface area contributed by atoms with Gasteiger partial charge in [-0.15, -0.1) is 0 Å². The molecule has 31 heavy (non-hydrogen) atoms. The first-order valence-corrected chi connectivity index (χ1v) is 11.0. The minimum Gasteiger partial charge on any atom is -0.365 e. The normalized spacial score (nSPS) is 19.6. The number of fused-ring (bicyclic) bond motifs is 4. The molecule has 2 unspecified atom stereocenters. The molecule has 1 fully saturated rings. The summed E-state index contributed by atoms with van der Waals surface area (Å²) in [6.07, 6.45) is 3.97. The van der Waals surface area contributed by atoms with Gasteiger partial charge in [-0.05, 0) is 37.0 Å². The molecule has 2 aliphatic heterocycles. The second kappa shape index (κ2) is 8.91. The topological polar surface area (TPSA) is 97.5 Å². The molecule has 0 aliphatic carbocycles. The number of amides is 1. The molecule has 2 bridgehead atoms. The summed E-state index contributed by atoms with van der Waals surface area (Å²) in [7, 11) is 0. The Morgan fingerprint density at radius 3 is 2.81 bits per heavy atom. The van der Waals surface area contributed by atoms with Gasteiger partial charge in [-0.2, -0.15) is 0 Å². The molecule has 3 heterocycles. The van der Waals surface area contributed by atoms with Crippen molar-refractivity contribution in [3.63, 3.8) is 0 Å². The van der Waals surface area contributed by atoms with Crippen molar-refractivity contribution in [2.45, 2.75) is 45.1 Å². The maximum atomic E-state index is 12.4. The first-order valence-electron chi connectivity index (χ1n) is 11.0. The van der Waals surface area contributed by atoms with Gasteiger partial charge in [-0.3, -0.25) is 19.7 Å². The van der Waals surface area contributed by atoms with Crippen LogP contribution < -0.4 is 15.8 Å². The van der Waals surface area contributed by atoms with Gasteiger partial charge in [0.05, 0.1) is 4.92 Å². The monoisotopic (exact) mass is 424 g/mol. The standard InChI is InChI=1S/C23H28N4O4/c1-2-3-4-10-24-23(29)17-8-9-20(21(12-17)27(30)31)25-13-16-11-18(15-25)19-6-5-7-22(28)26(19)14-16/h5-9,12,16,18H,2-4,10-11,13-15H2,1H3,(H,24,29). The lowest BCUT2D eigenvalue weighted by molar-refractivity contribution is -0.384. The number of nitrogens with one attached hydrogen (secondary N) is 1. The van der Waals surface area contributed by atoms with Gasteiger partial charge in [-0.1, -0.05) is 25.8 Å². The van der Waals surface area contributed by atoms with E-state index in [1.165, 1.54) is 6.07 Å². The maximum absolute atomic E-state index is 12.4. The molecule has 2 aliphatic rings. The molecule has 2 aromatic rings. The Kier molecular flexibility index (Phi) is 6.06. The van der Waals surface area contributed by atoms with E-state index in [0.29, 0.717) is 37.4 Å². The molecule has 0 spiro atoms. The fourth-order valence-corrected chi connectivity index (χ4v) is 4.85. The predicted molar refractivity (Wildman–Crippen MR) is 119 cm³/mol. The van der Waals surface area contributed by atoms with Gasteiger partial charge in [0.25, 0.3) is 17.2 Å². The number of benzene rings is 1. The van der Waals surface area contributed by atoms with Crippen LogP contribution in [0.2, 0.25) is 0 Å². The van der Waals surface area contributed by atoms with Crippen LogP contribution in [-0.2, 0) is 6.54 Å². The molecule has 164 valence electrons. The zero-order chi connectivity index (χ0) is 22.0. The van der Waals surface area contributed by atoms with E-state index in [4.69, 9.17) is 0 Å². The Labute approximate surface area is 181 Å². The van der Waals surface area contributed by atoms with Crippen molar-refractivity contribution in [1.82, 2.24) is 9.88 Å². The fraction of sp³-hybridized carbons (Fsp3) is 0.478. The van der Waals surface area contributed by atoms with Crippen LogP contribution in [0.5, 0.6) is 0 Å². The summed E-state index contributed by atoms with van der Waals surface area (Å²) in [5, 5.41) is 14.7. The van der Waals surface area contributed by atoms with Crippen LogP contribution in [0, 0.1) is 16.0 Å². The number of rotatable bonds is 7. The predicted octanol–water partition coefficient (Wildman–Crippen LogP) is 3.30. The van der Waals surface area contributed by atoms with Gasteiger partial charge in [-0.25, -0.2) is 0 Å². The summed E-state index contributed by atoms with van der Waals surface area (Å²) < 4.78 is 1.84. The zero-order valence-corrected chi connectivity index (χ0v) is 17.8. The van der Waals surface area contributed by atoms with Gasteiger partial charge in [0.2, 0.25) is 0 Å². The number of hydrogen-bond donors (Lipinski definition) is 1. The van der Waals surface area contributed by atoms with E-state index < -0.39 is 4.92 Å². The Morgan fingerprint density at radius 2 is 2.03 bits per heavy atom. The summed E-state index contributed by atoms with van der Waals surface area (Å²) in [5.74, 6) is 0.129. The number of nitrogens with zero attached hydrogens (tertiary/aromatic N) is 3. The van der Waals surface area contributed by atoms with E-state index >= 15 is 0 Å². The largest absolute Gasteiger partial charge is 0.365 e. The van der Waals surface area contributed by atoms with Gasteiger partial charge < -0.3 is 14.8 Å². The summed E-state index contributed by atoms with van der Waals surface area (Å²) in [6.45, 7) is 4.56. The number of nitro groups is 1. The summed E-state index contributed by atoms with van der Waals surface area (Å²) in [5.41, 5.74) is 1.81. The van der Waals surface area contributed by atoms with E-state index in [-0.39, 0.29) is 29.0 Å². The number of piperidine rings is 1. The van der Waals surface area contributed by atoms with E-state index in [1.54, 1.807) is 24.3 Å². The van der Waals surface area contributed by atoms with Crippen LogP contribution in [-0.4, -0.2) is 35.0 Å². The number of anilines is 1. The maximum Gasteiger partial charge on any atom is 0.293 e. The first-order chi connectivity index (χ1) is 15.0. The van der Waals surface area contributed by atoms with Crippen LogP contribution in [0.15, 0.2) is 41.2 Å². The molecule has 1 aromatic heterocycles. The van der Waals surface area contributed by atoms with Crippen molar-refractivity contribution < 1.29 is 9.72 Å². The quantitative estimate of drug-likeness (QED) is 0.418. The van der Waals surface area contributed by atoms with Crippen LogP contribution in [0.25, 0.3) is 0 Å². The van der Waals surface area contributed by atoms with Crippen molar-refractivity contribution in [2.75, 3.05) is 24.5 Å². The number of carbonyl (C=O) groups is 1. The lowest BCUT2D eigenvalue weighted by atomic mass is 9.83. The van der Waals surface area contributed by atoms with Gasteiger partial charge in [0, 0.05) is 55.5 Å². The Morgan fingerprint density at radius 1 is 1.19 bits per heavy atom. The minimum atomic E-state index is -0.411. The SMILES string of the molecule is CCCCCNC(=O)c1ccc(N2CC3CC(C2)c2cccc(=O)n2C3)c([N+](=O)[O-])c1. The van der Waals surface area contributed by atoms with E-state index in [1.807, 2.05) is 15.5 Å². The Hall–Kier alpha value is -3.16. The van der Waals surface area contributed by atoms with Crippen molar-refractivity contribution in [1.29, 1.82) is 0 Å². The highest BCUT2D eigenvalue weighted by Crippen LogP contribution is 2.39. The molecule has 2 atom stereocenters. The number of hydrogen-bond acceptors (Lipinski definition) is 5. The highest BCUT2D eigenvalue weighted by molar-refractivity contribution is 5.95. The third-order valence-corrected chi connectivity index (χ3v) is 6.32. The molecule has 4 rings (SSSR count). The number of nitro benzene ring substituents is 1. The average molecular weight is 425 g/mol. The van der Waals surface area contributed by atoms with Gasteiger partial charge >= 0.3 is 0 Å². The van der Waals surface area contributed by atoms with Crippen LogP contribution in [0.4, 0.5) is 11.4 Å². The summed E-state index contributed by atoms with van der Waals surface area (Å²) in [4.78, 5) is 38.1. The smallest absolute Gasteiger partial charge is 0.293 e. The number of carbonyl (C=O) groups excluding carboxylic acids is 1. The Balaban J connectivity index is 1.56. The molecule has 8 heteroatoms. The number of unbranched alkanes of at least 4 members (excludes halogenated alkanes) is 2. The molecule has 0 saturated carbocycles. The van der Waals surface area contributed by atoms with E-state index in [0.717, 1.165) is 31.4 Å². The highest BCUT2D eigenvalue weighted by atomic mass is 16.6. The highest BCUT2D eigenvalue weighted by Gasteiger charge is 2.36. The average Bonchev–Trinajstić information content (AvgIpc) is 2.77. The molecule has 1 aromatic carbocycles. The summed E-state index contributed by atoms with van der Waals surface area (Å²) >= 11 is 0. The molecular weight excluding hydrogens is 396 g/mol. The molecule has 0 radical (unpaired) electrons. The van der Waals surface area contributed by atoms with Crippen molar-refractivity contribution in [3.8, 4) is 0 Å². The summed E-state index contributed by atoms with van der Waals surface area (Å²) in [6, 6.07) is 10.1. The van der Waals surface area contributed by atoms with E-state index in [9.17, 15) is 19.7 Å². The van der Waals surface area contributed by atoms with Gasteiger partial charge in [0.1, 0.15) is 5.69 Å². The zero-order valence-electron chi connectivity index (χ0n) is 17.8. The molecule has 1 amide bonds.